The van der Waals surface area contributed by atoms with Crippen LogP contribution in [0.25, 0.3) is 33.5 Å². The number of carbonyl (C=O) groups is 4. The van der Waals surface area contributed by atoms with Crippen molar-refractivity contribution in [2.75, 3.05) is 6.54 Å². The molecule has 17 heteroatoms. The van der Waals surface area contributed by atoms with E-state index in [-0.39, 0.29) is 49.2 Å². The molecule has 15 nitrogen and oxygen atoms in total. The summed E-state index contributed by atoms with van der Waals surface area (Å²) in [5.41, 5.74) is 1.41. The van der Waals surface area contributed by atoms with Crippen LogP contribution < -0.4 is 20.1 Å². The summed E-state index contributed by atoms with van der Waals surface area (Å²) in [4.78, 5) is 67.5. The molecule has 4 fully saturated rings. The van der Waals surface area contributed by atoms with Gasteiger partial charge >= 0.3 is 6.09 Å². The zero-order valence-electron chi connectivity index (χ0n) is 34.8. The first-order valence-electron chi connectivity index (χ1n) is 21.7. The van der Waals surface area contributed by atoms with Crippen LogP contribution in [0.2, 0.25) is 0 Å². The Bertz CT molecular complexity index is 2590. The Morgan fingerprint density at radius 3 is 2.53 bits per heavy atom. The summed E-state index contributed by atoms with van der Waals surface area (Å²) in [5.74, 6) is -2.75. The number of carbonyl (C=O) groups excluding carboxylic acids is 4. The predicted octanol–water partition coefficient (Wildman–Crippen LogP) is 6.19. The largest absolute Gasteiger partial charge is 0.470 e. The van der Waals surface area contributed by atoms with Crippen molar-refractivity contribution in [1.29, 1.82) is 0 Å². The Balaban J connectivity index is 1.06. The molecule has 4 amide bonds. The van der Waals surface area contributed by atoms with Crippen molar-refractivity contribution in [3.63, 3.8) is 0 Å². The van der Waals surface area contributed by atoms with E-state index in [1.165, 1.54) is 11.0 Å². The Labute approximate surface area is 358 Å². The highest BCUT2D eigenvalue weighted by atomic mass is 32.2. The summed E-state index contributed by atoms with van der Waals surface area (Å²) < 4.78 is 61.6. The second-order valence-corrected chi connectivity index (χ2v) is 19.6. The van der Waals surface area contributed by atoms with Gasteiger partial charge in [0.2, 0.25) is 27.4 Å². The van der Waals surface area contributed by atoms with Gasteiger partial charge in [-0.3, -0.25) is 19.1 Å². The molecule has 9 rings (SSSR count). The molecule has 0 bridgehead atoms. The Kier molecular flexibility index (Phi) is 11.2. The number of hydrogen-bond acceptors (Lipinski definition) is 11. The Hall–Kier alpha value is -5.58. The van der Waals surface area contributed by atoms with Crippen LogP contribution in [-0.4, -0.2) is 88.7 Å². The molecule has 3 aliphatic carbocycles. The predicted molar refractivity (Wildman–Crippen MR) is 226 cm³/mol. The number of amides is 4. The van der Waals surface area contributed by atoms with Crippen molar-refractivity contribution >= 4 is 55.9 Å². The van der Waals surface area contributed by atoms with Crippen LogP contribution in [0.4, 0.5) is 9.18 Å². The fourth-order valence-electron chi connectivity index (χ4n) is 9.01. The third kappa shape index (κ3) is 8.47. The number of benzene rings is 2. The van der Waals surface area contributed by atoms with Gasteiger partial charge in [0.1, 0.15) is 46.7 Å². The van der Waals surface area contributed by atoms with Crippen molar-refractivity contribution in [1.82, 2.24) is 30.2 Å². The number of fused-ring (bicyclic) bond motifs is 5. The van der Waals surface area contributed by atoms with E-state index in [0.717, 1.165) is 44.1 Å². The number of rotatable bonds is 8. The summed E-state index contributed by atoms with van der Waals surface area (Å²) >= 11 is 0. The molecule has 0 spiro atoms. The van der Waals surface area contributed by atoms with Gasteiger partial charge < -0.3 is 29.4 Å². The number of aromatic nitrogens is 2. The third-order valence-electron chi connectivity index (χ3n) is 12.9. The minimum absolute atomic E-state index is 0.0174. The van der Waals surface area contributed by atoms with Crippen LogP contribution in [0.15, 0.2) is 53.0 Å². The van der Waals surface area contributed by atoms with Crippen LogP contribution in [0.5, 0.6) is 5.88 Å². The Morgan fingerprint density at radius 1 is 0.968 bits per heavy atom. The first kappa shape index (κ1) is 41.8. The average molecular weight is 871 g/mol. The van der Waals surface area contributed by atoms with Crippen molar-refractivity contribution in [3.05, 3.63) is 65.5 Å². The van der Waals surface area contributed by atoms with Crippen LogP contribution >= 0.6 is 0 Å². The first-order chi connectivity index (χ1) is 29.8. The van der Waals surface area contributed by atoms with E-state index in [9.17, 15) is 32.0 Å². The van der Waals surface area contributed by atoms with E-state index in [0.29, 0.717) is 53.3 Å². The topological polar surface area (TPSA) is 199 Å². The van der Waals surface area contributed by atoms with Crippen molar-refractivity contribution in [2.24, 2.45) is 5.92 Å². The molecule has 2 aliphatic heterocycles. The van der Waals surface area contributed by atoms with Gasteiger partial charge in [-0.2, -0.15) is 4.98 Å². The molecule has 328 valence electrons. The van der Waals surface area contributed by atoms with E-state index < -0.39 is 74.5 Å². The molecule has 5 aliphatic rings. The number of allylic oxidation sites excluding steroid dienone is 1. The monoisotopic (exact) mass is 870 g/mol. The Morgan fingerprint density at radius 2 is 1.76 bits per heavy atom. The molecule has 4 aromatic rings. The fourth-order valence-corrected chi connectivity index (χ4v) is 10.4. The van der Waals surface area contributed by atoms with Gasteiger partial charge in [0.05, 0.1) is 11.8 Å². The number of sulfonamides is 1. The smallest absolute Gasteiger partial charge is 0.408 e. The lowest BCUT2D eigenvalue weighted by molar-refractivity contribution is -0.141. The first-order valence-corrected chi connectivity index (χ1v) is 23.3. The molecule has 4 heterocycles. The van der Waals surface area contributed by atoms with Crippen LogP contribution in [0.3, 0.4) is 0 Å². The van der Waals surface area contributed by atoms with Crippen molar-refractivity contribution in [3.8, 4) is 17.3 Å². The molecule has 2 aromatic heterocycles. The number of aryl methyl sites for hydroxylation is 2. The minimum atomic E-state index is -3.94. The average Bonchev–Trinajstić information content (AvgIpc) is 4.05. The molecule has 3 saturated carbocycles. The molecule has 1 saturated heterocycles. The zero-order chi connectivity index (χ0) is 43.3. The van der Waals surface area contributed by atoms with Gasteiger partial charge in [-0.25, -0.2) is 22.6 Å². The molecule has 5 atom stereocenters. The summed E-state index contributed by atoms with van der Waals surface area (Å²) in [6, 6.07) is 8.05. The number of nitrogens with one attached hydrogen (secondary N) is 3. The van der Waals surface area contributed by atoms with Crippen LogP contribution in [-0.2, 0) is 29.1 Å². The van der Waals surface area contributed by atoms with Gasteiger partial charge in [0.15, 0.2) is 5.82 Å². The quantitative estimate of drug-likeness (QED) is 0.171. The van der Waals surface area contributed by atoms with Crippen molar-refractivity contribution < 1.29 is 45.9 Å². The van der Waals surface area contributed by atoms with Crippen LogP contribution in [0.1, 0.15) is 94.6 Å². The number of halogens is 1. The lowest BCUT2D eigenvalue weighted by atomic mass is 10.0. The number of nitrogens with zero attached hydrogens (tertiary/aromatic N) is 3. The molecule has 0 unspecified atom stereocenters. The maximum Gasteiger partial charge on any atom is 0.408 e. The second-order valence-electron chi connectivity index (χ2n) is 17.6. The lowest BCUT2D eigenvalue weighted by Gasteiger charge is -2.30. The summed E-state index contributed by atoms with van der Waals surface area (Å²) in [6.07, 6.45) is 9.43. The minimum Gasteiger partial charge on any atom is -0.470 e. The molecular formula is C45H51FN6O9S. The SMILES string of the molecule is Cc1ccc2oc3c(O[C@@H]4C[C@H]5C(=O)N[C@]6(C(=O)NS(=O)(=O)C7CC7)C[C@H]6/C=C\CCCCC[C@H](NC(=O)OC6CCCC6)C(=O)N5C4)nc(-c4ccc(C)c(F)c4)nc3c2c1. The van der Waals surface area contributed by atoms with Gasteiger partial charge in [-0.15, -0.1) is 0 Å². The molecule has 3 N–H and O–H groups in total. The molecule has 62 heavy (non-hydrogen) atoms. The van der Waals surface area contributed by atoms with E-state index in [4.69, 9.17) is 23.9 Å². The van der Waals surface area contributed by atoms with E-state index in [1.807, 2.05) is 37.3 Å². The van der Waals surface area contributed by atoms with E-state index in [1.54, 1.807) is 19.1 Å². The maximum atomic E-state index is 14.9. The number of furan rings is 1. The molecular weight excluding hydrogens is 820 g/mol. The van der Waals surface area contributed by atoms with Gasteiger partial charge in [0.25, 0.3) is 11.8 Å². The van der Waals surface area contributed by atoms with Gasteiger partial charge in [-0.1, -0.05) is 48.8 Å². The summed E-state index contributed by atoms with van der Waals surface area (Å²) in [7, 11) is -3.94. The van der Waals surface area contributed by atoms with E-state index >= 15 is 0 Å². The number of ether oxygens (including phenoxy) is 2. The van der Waals surface area contributed by atoms with E-state index in [2.05, 4.69) is 15.4 Å². The highest BCUT2D eigenvalue weighted by Crippen LogP contribution is 2.46. The normalized spacial score (nSPS) is 26.5. The highest BCUT2D eigenvalue weighted by Gasteiger charge is 2.62. The van der Waals surface area contributed by atoms with Gasteiger partial charge in [0, 0.05) is 23.3 Å². The number of hydrogen-bond donors (Lipinski definition) is 3. The zero-order valence-corrected chi connectivity index (χ0v) is 35.6. The molecule has 0 radical (unpaired) electrons. The lowest BCUT2D eigenvalue weighted by Crippen LogP contribution is -2.58. The fraction of sp³-hybridized carbons (Fsp3) is 0.511. The molecule has 2 aromatic carbocycles. The van der Waals surface area contributed by atoms with Crippen molar-refractivity contribution in [2.45, 2.75) is 132 Å². The summed E-state index contributed by atoms with van der Waals surface area (Å²) in [6.45, 7) is 3.47. The number of alkyl carbamates (subject to hydrolysis) is 1. The summed E-state index contributed by atoms with van der Waals surface area (Å²) in [5, 5.41) is 5.72. The third-order valence-corrected chi connectivity index (χ3v) is 14.7. The maximum absolute atomic E-state index is 14.9. The van der Waals surface area contributed by atoms with Crippen LogP contribution in [0, 0.1) is 25.6 Å². The van der Waals surface area contributed by atoms with Gasteiger partial charge in [-0.05, 0) is 102 Å². The standard InChI is InChI=1S/C45H51FN6O9S/c1-25-14-19-36-32(20-25)37-38(61-36)41(49-39(48-37)27-16-15-26(2)33(46)21-27)59-30-22-35-40(53)50-45(43(55)51-62(57,58)31-17-18-31)23-28(45)10-6-4-3-5-7-13-34(42(54)52(35)24-30)47-44(56)60-29-11-8-9-12-29/h6,10,14-16,19-21,28-31,34-35H,3-5,7-9,11-13,17-18,22-24H2,1-2H3,(H,47,56)(H,50,53)(H,51,55)/b10-6-/t28-,30-,34+,35+,45-/m1/s1. The highest BCUT2D eigenvalue weighted by molar-refractivity contribution is 7.91. The second kappa shape index (κ2) is 16.6.